The molecule has 0 aliphatic carbocycles. The smallest absolute Gasteiger partial charge is 0.326 e. The summed E-state index contributed by atoms with van der Waals surface area (Å²) in [4.78, 5) is 72.9. The number of rotatable bonds is 16. The summed E-state index contributed by atoms with van der Waals surface area (Å²) >= 11 is 0. The molecule has 1 aromatic carbocycles. The summed E-state index contributed by atoms with van der Waals surface area (Å²) in [5.74, 6) is -5.93. The first kappa shape index (κ1) is 31.0. The molecule has 5 atom stereocenters. The van der Waals surface area contributed by atoms with Gasteiger partial charge in [-0.05, 0) is 24.3 Å². The molecule has 0 spiro atoms. The number of benzene rings is 1. The molecular formula is C24H36N6O7. The molecule has 204 valence electrons. The molecule has 0 aliphatic rings. The highest BCUT2D eigenvalue weighted by atomic mass is 16.4. The molecule has 0 fully saturated rings. The van der Waals surface area contributed by atoms with Gasteiger partial charge >= 0.3 is 5.97 Å². The van der Waals surface area contributed by atoms with Gasteiger partial charge in [0.2, 0.25) is 29.5 Å². The van der Waals surface area contributed by atoms with Crippen LogP contribution in [0.3, 0.4) is 0 Å². The van der Waals surface area contributed by atoms with Crippen molar-refractivity contribution in [2.24, 2.45) is 23.1 Å². The number of hydrogen-bond donors (Lipinski definition) is 7. The number of carbonyl (C=O) groups excluding carboxylic acids is 5. The Morgan fingerprint density at radius 1 is 0.865 bits per heavy atom. The molecule has 0 radical (unpaired) electrons. The zero-order valence-electron chi connectivity index (χ0n) is 20.9. The molecule has 5 unspecified atom stereocenters. The van der Waals surface area contributed by atoms with Crippen LogP contribution >= 0.6 is 0 Å². The molecule has 0 aromatic heterocycles. The minimum atomic E-state index is -1.53. The number of hydrogen-bond acceptors (Lipinski definition) is 7. The first-order valence-corrected chi connectivity index (χ1v) is 11.9. The summed E-state index contributed by atoms with van der Waals surface area (Å²) in [5.41, 5.74) is 17.2. The fourth-order valence-electron chi connectivity index (χ4n) is 3.41. The van der Waals surface area contributed by atoms with Gasteiger partial charge in [-0.1, -0.05) is 50.6 Å². The lowest BCUT2D eigenvalue weighted by molar-refractivity contribution is -0.144. The molecule has 0 saturated carbocycles. The minimum Gasteiger partial charge on any atom is -0.480 e. The second-order valence-electron chi connectivity index (χ2n) is 8.80. The normalized spacial score (nSPS) is 14.8. The third kappa shape index (κ3) is 11.1. The summed E-state index contributed by atoms with van der Waals surface area (Å²) < 4.78 is 0. The zero-order valence-corrected chi connectivity index (χ0v) is 20.9. The molecule has 0 bridgehead atoms. The highest BCUT2D eigenvalue weighted by Gasteiger charge is 2.32. The van der Waals surface area contributed by atoms with Crippen molar-refractivity contribution in [3.63, 3.8) is 0 Å². The van der Waals surface area contributed by atoms with Gasteiger partial charge in [-0.2, -0.15) is 0 Å². The van der Waals surface area contributed by atoms with E-state index in [2.05, 4.69) is 16.0 Å². The molecule has 1 rings (SSSR count). The van der Waals surface area contributed by atoms with E-state index in [1.165, 1.54) is 0 Å². The van der Waals surface area contributed by atoms with E-state index in [1.54, 1.807) is 44.2 Å². The van der Waals surface area contributed by atoms with E-state index in [0.29, 0.717) is 6.42 Å². The maximum atomic E-state index is 13.0. The third-order valence-corrected chi connectivity index (χ3v) is 5.76. The lowest BCUT2D eigenvalue weighted by Gasteiger charge is -2.26. The molecule has 0 saturated heterocycles. The average molecular weight is 521 g/mol. The lowest BCUT2D eigenvalue weighted by Crippen LogP contribution is -2.58. The highest BCUT2D eigenvalue weighted by molar-refractivity contribution is 5.96. The lowest BCUT2D eigenvalue weighted by atomic mass is 9.98. The van der Waals surface area contributed by atoms with Gasteiger partial charge in [0.1, 0.15) is 18.1 Å². The molecule has 0 aliphatic heterocycles. The summed E-state index contributed by atoms with van der Waals surface area (Å²) in [6.45, 7) is 3.36. The Labute approximate surface area is 214 Å². The summed E-state index contributed by atoms with van der Waals surface area (Å²) in [5, 5.41) is 16.5. The highest BCUT2D eigenvalue weighted by Crippen LogP contribution is 2.09. The average Bonchev–Trinajstić information content (AvgIpc) is 2.83. The van der Waals surface area contributed by atoms with E-state index >= 15 is 0 Å². The molecule has 1 aromatic rings. The van der Waals surface area contributed by atoms with Crippen LogP contribution in [0, 0.1) is 5.92 Å². The van der Waals surface area contributed by atoms with Crippen molar-refractivity contribution in [1.29, 1.82) is 0 Å². The zero-order chi connectivity index (χ0) is 28.1. The summed E-state index contributed by atoms with van der Waals surface area (Å²) in [7, 11) is 0. The van der Waals surface area contributed by atoms with Gasteiger partial charge in [-0.15, -0.1) is 0 Å². The van der Waals surface area contributed by atoms with Crippen molar-refractivity contribution >= 4 is 35.5 Å². The number of carboxylic acids is 1. The van der Waals surface area contributed by atoms with Crippen LogP contribution in [0.2, 0.25) is 0 Å². The maximum Gasteiger partial charge on any atom is 0.326 e. The predicted octanol–water partition coefficient (Wildman–Crippen LogP) is -1.72. The van der Waals surface area contributed by atoms with E-state index in [0.717, 1.165) is 5.56 Å². The molecule has 13 nitrogen and oxygen atoms in total. The van der Waals surface area contributed by atoms with Crippen molar-refractivity contribution < 1.29 is 33.9 Å². The van der Waals surface area contributed by atoms with Crippen LogP contribution < -0.4 is 33.2 Å². The number of nitrogens with two attached hydrogens (primary N) is 3. The Bertz CT molecular complexity index is 972. The number of primary amides is 2. The van der Waals surface area contributed by atoms with Gasteiger partial charge in [-0.25, -0.2) is 4.79 Å². The third-order valence-electron chi connectivity index (χ3n) is 5.76. The second kappa shape index (κ2) is 15.2. The predicted molar refractivity (Wildman–Crippen MR) is 133 cm³/mol. The first-order valence-electron chi connectivity index (χ1n) is 11.9. The van der Waals surface area contributed by atoms with Crippen molar-refractivity contribution in [2.45, 2.75) is 70.1 Å². The largest absolute Gasteiger partial charge is 0.480 e. The number of amides is 5. The van der Waals surface area contributed by atoms with E-state index in [-0.39, 0.29) is 19.3 Å². The number of carbonyl (C=O) groups is 6. The van der Waals surface area contributed by atoms with Crippen molar-refractivity contribution in [3.8, 4) is 0 Å². The molecule has 5 amide bonds. The molecular weight excluding hydrogens is 484 g/mol. The standard InChI is InChI=1S/C24H36N6O7/c1-3-13(2)20(24(36)37)30-23(35)17(12-19(27)32)29-22(34)16(9-10-18(26)31)28-21(33)15(25)11-14-7-5-4-6-8-14/h4-8,13,15-17,20H,3,9-12,25H2,1-2H3,(H2,26,31)(H2,27,32)(H,28,33)(H,29,34)(H,30,35)(H,36,37). The maximum absolute atomic E-state index is 13.0. The fraction of sp³-hybridized carbons (Fsp3) is 0.500. The van der Waals surface area contributed by atoms with Gasteiger partial charge in [0, 0.05) is 6.42 Å². The SMILES string of the molecule is CCC(C)C(NC(=O)C(CC(N)=O)NC(=O)C(CCC(N)=O)NC(=O)C(N)Cc1ccccc1)C(=O)O. The van der Waals surface area contributed by atoms with Crippen molar-refractivity contribution in [2.75, 3.05) is 0 Å². The van der Waals surface area contributed by atoms with Gasteiger partial charge in [0.15, 0.2) is 0 Å². The quantitative estimate of drug-likeness (QED) is 0.132. The second-order valence-corrected chi connectivity index (χ2v) is 8.80. The molecule has 13 heteroatoms. The van der Waals surface area contributed by atoms with Gasteiger partial charge in [0.05, 0.1) is 12.5 Å². The van der Waals surface area contributed by atoms with Crippen molar-refractivity contribution in [1.82, 2.24) is 16.0 Å². The molecule has 10 N–H and O–H groups in total. The van der Waals surface area contributed by atoms with Crippen molar-refractivity contribution in [3.05, 3.63) is 35.9 Å². The van der Waals surface area contributed by atoms with E-state index < -0.39 is 72.0 Å². The van der Waals surface area contributed by atoms with E-state index in [9.17, 15) is 33.9 Å². The summed E-state index contributed by atoms with van der Waals surface area (Å²) in [6.07, 6.45) is -0.493. The van der Waals surface area contributed by atoms with Crippen LogP contribution in [0.15, 0.2) is 30.3 Å². The number of aliphatic carboxylic acids is 1. The Morgan fingerprint density at radius 2 is 1.43 bits per heavy atom. The van der Waals surface area contributed by atoms with Gasteiger partial charge in [-0.3, -0.25) is 24.0 Å². The van der Waals surface area contributed by atoms with Crippen LogP contribution in [-0.4, -0.2) is 64.8 Å². The molecule has 37 heavy (non-hydrogen) atoms. The Kier molecular flexibility index (Phi) is 12.7. The summed E-state index contributed by atoms with van der Waals surface area (Å²) in [6, 6.07) is 3.78. The minimum absolute atomic E-state index is 0.176. The number of carboxylic acid groups (broad SMARTS) is 1. The Hall–Kier alpha value is -4.00. The van der Waals surface area contributed by atoms with Crippen LogP contribution in [-0.2, 0) is 35.2 Å². The van der Waals surface area contributed by atoms with E-state index in [1.807, 2.05) is 0 Å². The molecule has 0 heterocycles. The fourth-order valence-corrected chi connectivity index (χ4v) is 3.41. The van der Waals surface area contributed by atoms with Gasteiger partial charge < -0.3 is 38.3 Å². The first-order chi connectivity index (χ1) is 17.3. The van der Waals surface area contributed by atoms with Crippen LogP contribution in [0.25, 0.3) is 0 Å². The Balaban J connectivity index is 3.02. The van der Waals surface area contributed by atoms with Gasteiger partial charge in [0.25, 0.3) is 0 Å². The van der Waals surface area contributed by atoms with Crippen LogP contribution in [0.1, 0.15) is 45.1 Å². The van der Waals surface area contributed by atoms with Crippen LogP contribution in [0.4, 0.5) is 0 Å². The van der Waals surface area contributed by atoms with E-state index in [4.69, 9.17) is 17.2 Å². The number of nitrogens with one attached hydrogen (secondary N) is 3. The topological polar surface area (TPSA) is 237 Å². The Morgan fingerprint density at radius 3 is 1.95 bits per heavy atom. The van der Waals surface area contributed by atoms with Crippen LogP contribution in [0.5, 0.6) is 0 Å². The monoisotopic (exact) mass is 520 g/mol.